The van der Waals surface area contributed by atoms with Crippen molar-refractivity contribution in [1.29, 1.82) is 0 Å². The highest BCUT2D eigenvalue weighted by atomic mass is 35.5. The zero-order valence-electron chi connectivity index (χ0n) is 13.9. The number of hydrogen-bond acceptors (Lipinski definition) is 4. The lowest BCUT2D eigenvalue weighted by molar-refractivity contribution is -0.120. The molecule has 2 aromatic rings. The monoisotopic (exact) mass is 356 g/mol. The molecule has 0 unspecified atom stereocenters. The average molecular weight is 357 g/mol. The van der Waals surface area contributed by atoms with E-state index in [-0.39, 0.29) is 11.8 Å². The smallest absolute Gasteiger partial charge is 0.229 e. The Morgan fingerprint density at radius 2 is 2.20 bits per heavy atom. The molecule has 4 rings (SSSR count). The molecular formula is C19H21ClN4O. The van der Waals surface area contributed by atoms with Gasteiger partial charge in [-0.05, 0) is 49.1 Å². The van der Waals surface area contributed by atoms with E-state index in [0.717, 1.165) is 55.7 Å². The molecule has 0 saturated carbocycles. The van der Waals surface area contributed by atoms with Crippen molar-refractivity contribution in [2.24, 2.45) is 5.92 Å². The number of pyridine rings is 1. The number of anilines is 2. The molecule has 1 atom stereocenters. The minimum absolute atomic E-state index is 0.00104. The third-order valence-corrected chi connectivity index (χ3v) is 5.21. The minimum Gasteiger partial charge on any atom is -0.384 e. The molecule has 0 aliphatic carbocycles. The summed E-state index contributed by atoms with van der Waals surface area (Å²) in [4.78, 5) is 16.7. The second-order valence-corrected chi connectivity index (χ2v) is 7.04. The van der Waals surface area contributed by atoms with Crippen LogP contribution in [0, 0.1) is 5.92 Å². The number of aromatic nitrogens is 1. The van der Waals surface area contributed by atoms with Crippen molar-refractivity contribution in [1.82, 2.24) is 10.3 Å². The first-order valence-corrected chi connectivity index (χ1v) is 9.13. The number of benzene rings is 1. The van der Waals surface area contributed by atoms with Gasteiger partial charge in [-0.15, -0.1) is 0 Å². The van der Waals surface area contributed by atoms with Crippen LogP contribution in [0.4, 0.5) is 11.5 Å². The van der Waals surface area contributed by atoms with Gasteiger partial charge in [0, 0.05) is 30.5 Å². The molecule has 2 aliphatic heterocycles. The molecule has 1 aromatic carbocycles. The highest BCUT2D eigenvalue weighted by Gasteiger charge is 2.21. The summed E-state index contributed by atoms with van der Waals surface area (Å²) in [5.74, 6) is 0.561. The fourth-order valence-corrected chi connectivity index (χ4v) is 3.70. The average Bonchev–Trinajstić information content (AvgIpc) is 3.11. The first-order valence-electron chi connectivity index (χ1n) is 8.75. The fourth-order valence-electron chi connectivity index (χ4n) is 3.49. The molecule has 6 heteroatoms. The molecule has 1 fully saturated rings. The molecule has 0 spiro atoms. The highest BCUT2D eigenvalue weighted by Crippen LogP contribution is 2.33. The van der Waals surface area contributed by atoms with Gasteiger partial charge in [-0.1, -0.05) is 23.7 Å². The third kappa shape index (κ3) is 3.48. The predicted octanol–water partition coefficient (Wildman–Crippen LogP) is 3.31. The summed E-state index contributed by atoms with van der Waals surface area (Å²) in [6.07, 6.45) is 4.60. The maximum absolute atomic E-state index is 12.4. The lowest BCUT2D eigenvalue weighted by Crippen LogP contribution is -2.37. The number of piperidine rings is 1. The summed E-state index contributed by atoms with van der Waals surface area (Å²) in [6, 6.07) is 8.17. The van der Waals surface area contributed by atoms with Crippen LogP contribution in [-0.4, -0.2) is 30.5 Å². The van der Waals surface area contributed by atoms with Crippen LogP contribution < -0.4 is 16.0 Å². The third-order valence-electron chi connectivity index (χ3n) is 4.90. The van der Waals surface area contributed by atoms with Gasteiger partial charge in [-0.3, -0.25) is 4.79 Å². The Morgan fingerprint density at radius 3 is 3.04 bits per heavy atom. The lowest BCUT2D eigenvalue weighted by Gasteiger charge is -2.21. The molecule has 0 bridgehead atoms. The van der Waals surface area contributed by atoms with Gasteiger partial charge in [0.25, 0.3) is 0 Å². The molecule has 1 amide bonds. The zero-order chi connectivity index (χ0) is 17.2. The molecule has 1 saturated heterocycles. The van der Waals surface area contributed by atoms with Gasteiger partial charge in [0.1, 0.15) is 5.82 Å². The van der Waals surface area contributed by atoms with E-state index in [1.807, 2.05) is 6.07 Å². The topological polar surface area (TPSA) is 66.0 Å². The maximum atomic E-state index is 12.4. The standard InChI is InChI=1S/C19H21ClN4O/c20-16-11-23-18(24-19(25)14-2-1-6-21-10-14)9-15(16)13-4-3-12-5-7-22-17(12)8-13/h3-4,8-9,11,14,21-22H,1-2,5-7,10H2,(H,23,24,25)/t14-/m1/s1. The molecule has 0 radical (unpaired) electrons. The van der Waals surface area contributed by atoms with Crippen molar-refractivity contribution in [3.63, 3.8) is 0 Å². The number of fused-ring (bicyclic) bond motifs is 1. The summed E-state index contributed by atoms with van der Waals surface area (Å²) in [7, 11) is 0. The van der Waals surface area contributed by atoms with E-state index in [4.69, 9.17) is 11.6 Å². The Hall–Kier alpha value is -2.11. The van der Waals surface area contributed by atoms with Gasteiger partial charge in [-0.25, -0.2) is 4.98 Å². The normalized spacial score (nSPS) is 19.2. The minimum atomic E-state index is -0.00104. The Labute approximate surface area is 152 Å². The van der Waals surface area contributed by atoms with Gasteiger partial charge >= 0.3 is 0 Å². The number of carbonyl (C=O) groups excluding carboxylic acids is 1. The number of rotatable bonds is 3. The molecule has 3 heterocycles. The number of nitrogens with zero attached hydrogens (tertiary/aromatic N) is 1. The summed E-state index contributed by atoms with van der Waals surface area (Å²) in [5.41, 5.74) is 4.39. The van der Waals surface area contributed by atoms with Crippen LogP contribution in [0.3, 0.4) is 0 Å². The van der Waals surface area contributed by atoms with Gasteiger partial charge in [0.2, 0.25) is 5.91 Å². The number of nitrogens with one attached hydrogen (secondary N) is 3. The number of halogens is 1. The van der Waals surface area contributed by atoms with Crippen LogP contribution in [-0.2, 0) is 11.2 Å². The Bertz CT molecular complexity index is 802. The first-order chi connectivity index (χ1) is 12.2. The Balaban J connectivity index is 1.57. The molecule has 5 nitrogen and oxygen atoms in total. The summed E-state index contributed by atoms with van der Waals surface area (Å²) in [6.45, 7) is 2.68. The second kappa shape index (κ2) is 7.02. The molecule has 1 aromatic heterocycles. The quantitative estimate of drug-likeness (QED) is 0.789. The molecule has 130 valence electrons. The van der Waals surface area contributed by atoms with E-state index >= 15 is 0 Å². The van der Waals surface area contributed by atoms with E-state index in [2.05, 4.69) is 39.1 Å². The first kappa shape index (κ1) is 16.4. The van der Waals surface area contributed by atoms with Gasteiger partial charge in [0.05, 0.1) is 10.9 Å². The zero-order valence-corrected chi connectivity index (χ0v) is 14.7. The Morgan fingerprint density at radius 1 is 1.28 bits per heavy atom. The van der Waals surface area contributed by atoms with Crippen LogP contribution in [0.15, 0.2) is 30.5 Å². The lowest BCUT2D eigenvalue weighted by atomic mass is 9.99. The predicted molar refractivity (Wildman–Crippen MR) is 101 cm³/mol. The molecular weight excluding hydrogens is 336 g/mol. The van der Waals surface area contributed by atoms with E-state index < -0.39 is 0 Å². The number of carbonyl (C=O) groups is 1. The van der Waals surface area contributed by atoms with Gasteiger partial charge in [-0.2, -0.15) is 0 Å². The van der Waals surface area contributed by atoms with E-state index in [0.29, 0.717) is 10.8 Å². The van der Waals surface area contributed by atoms with Gasteiger partial charge < -0.3 is 16.0 Å². The fraction of sp³-hybridized carbons (Fsp3) is 0.368. The SMILES string of the molecule is O=C(Nc1cc(-c2ccc3c(c2)NCC3)c(Cl)cn1)[C@@H]1CCCNC1. The highest BCUT2D eigenvalue weighted by molar-refractivity contribution is 6.33. The van der Waals surface area contributed by atoms with E-state index in [1.165, 1.54) is 5.56 Å². The van der Waals surface area contributed by atoms with Crippen molar-refractivity contribution in [3.05, 3.63) is 41.0 Å². The van der Waals surface area contributed by atoms with Crippen LogP contribution in [0.25, 0.3) is 11.1 Å². The van der Waals surface area contributed by atoms with Gasteiger partial charge in [0.15, 0.2) is 0 Å². The number of amides is 1. The van der Waals surface area contributed by atoms with Crippen molar-refractivity contribution in [2.45, 2.75) is 19.3 Å². The van der Waals surface area contributed by atoms with Crippen LogP contribution in [0.2, 0.25) is 5.02 Å². The summed E-state index contributed by atoms with van der Waals surface area (Å²) in [5, 5.41) is 10.2. The molecule has 2 aliphatic rings. The maximum Gasteiger partial charge on any atom is 0.229 e. The van der Waals surface area contributed by atoms with Crippen LogP contribution >= 0.6 is 11.6 Å². The largest absolute Gasteiger partial charge is 0.384 e. The summed E-state index contributed by atoms with van der Waals surface area (Å²) < 4.78 is 0. The summed E-state index contributed by atoms with van der Waals surface area (Å²) >= 11 is 6.36. The van der Waals surface area contributed by atoms with Crippen molar-refractivity contribution in [3.8, 4) is 11.1 Å². The number of hydrogen-bond donors (Lipinski definition) is 3. The second-order valence-electron chi connectivity index (χ2n) is 6.63. The van der Waals surface area contributed by atoms with Crippen molar-refractivity contribution >= 4 is 29.0 Å². The van der Waals surface area contributed by atoms with Crippen molar-refractivity contribution < 1.29 is 4.79 Å². The van der Waals surface area contributed by atoms with Crippen LogP contribution in [0.5, 0.6) is 0 Å². The van der Waals surface area contributed by atoms with E-state index in [1.54, 1.807) is 6.20 Å². The molecule has 3 N–H and O–H groups in total. The van der Waals surface area contributed by atoms with E-state index in [9.17, 15) is 4.79 Å². The van der Waals surface area contributed by atoms with Crippen LogP contribution in [0.1, 0.15) is 18.4 Å². The molecule has 25 heavy (non-hydrogen) atoms. The Kier molecular flexibility index (Phi) is 4.59. The van der Waals surface area contributed by atoms with Crippen molar-refractivity contribution in [2.75, 3.05) is 30.3 Å².